The number of nitrogens with zero attached hydrogens (tertiary/aromatic N) is 3. The van der Waals surface area contributed by atoms with E-state index in [4.69, 9.17) is 0 Å². The molecule has 6 nitrogen and oxygen atoms in total. The molecule has 1 N–H and O–H groups in total. The first-order valence-corrected chi connectivity index (χ1v) is 10.6. The molecule has 0 bridgehead atoms. The summed E-state index contributed by atoms with van der Waals surface area (Å²) in [6.45, 7) is 3.43. The largest absolute Gasteiger partial charge is 0.280 e. The van der Waals surface area contributed by atoms with Crippen LogP contribution in [0.25, 0.3) is 20.8 Å². The van der Waals surface area contributed by atoms with Crippen molar-refractivity contribution in [3.8, 4) is 10.6 Å². The van der Waals surface area contributed by atoms with Crippen molar-refractivity contribution < 1.29 is 8.42 Å². The van der Waals surface area contributed by atoms with E-state index in [1.54, 1.807) is 49.0 Å². The Labute approximate surface area is 161 Å². The summed E-state index contributed by atoms with van der Waals surface area (Å²) in [5.41, 5.74) is 3.50. The van der Waals surface area contributed by atoms with Crippen molar-refractivity contribution in [2.45, 2.75) is 18.7 Å². The van der Waals surface area contributed by atoms with Crippen LogP contribution in [0, 0.1) is 13.8 Å². The summed E-state index contributed by atoms with van der Waals surface area (Å²) >= 11 is 1.61. The van der Waals surface area contributed by atoms with Gasteiger partial charge in [-0.3, -0.25) is 9.40 Å². The number of aryl methyl sites for hydroxylation is 2. The molecule has 2 aromatic heterocycles. The lowest BCUT2D eigenvalue weighted by molar-refractivity contribution is 0.599. The molecule has 0 unspecified atom stereocenters. The predicted molar refractivity (Wildman–Crippen MR) is 109 cm³/mol. The Morgan fingerprint density at radius 3 is 2.37 bits per heavy atom. The fourth-order valence-electron chi connectivity index (χ4n) is 3.03. The topological polar surface area (TPSA) is 76.9 Å². The fraction of sp³-hybridized carbons (Fsp3) is 0.158. The van der Waals surface area contributed by atoms with Gasteiger partial charge in [0.2, 0.25) is 0 Å². The van der Waals surface area contributed by atoms with Gasteiger partial charge in [-0.1, -0.05) is 12.1 Å². The molecule has 138 valence electrons. The SMILES string of the molecule is Cc1nn(C)c(C)c1S(=O)(=O)Nc1ccc(-c2nc3ccccc3s2)cc1. The molecule has 0 spiro atoms. The van der Waals surface area contributed by atoms with Crippen molar-refractivity contribution in [2.75, 3.05) is 4.72 Å². The number of para-hydroxylation sites is 1. The van der Waals surface area contributed by atoms with E-state index in [1.165, 1.54) is 0 Å². The van der Waals surface area contributed by atoms with Crippen molar-refractivity contribution in [1.29, 1.82) is 0 Å². The van der Waals surface area contributed by atoms with Gasteiger partial charge in [-0.2, -0.15) is 5.10 Å². The van der Waals surface area contributed by atoms with Gasteiger partial charge in [-0.25, -0.2) is 13.4 Å². The molecule has 8 heteroatoms. The first-order chi connectivity index (χ1) is 12.8. The van der Waals surface area contributed by atoms with Crippen LogP contribution in [0.3, 0.4) is 0 Å². The summed E-state index contributed by atoms with van der Waals surface area (Å²) in [4.78, 5) is 4.85. The predicted octanol–water partition coefficient (Wildman–Crippen LogP) is 4.11. The number of hydrogen-bond acceptors (Lipinski definition) is 5. The minimum absolute atomic E-state index is 0.222. The molecule has 0 atom stereocenters. The van der Waals surface area contributed by atoms with E-state index >= 15 is 0 Å². The van der Waals surface area contributed by atoms with Gasteiger partial charge >= 0.3 is 0 Å². The van der Waals surface area contributed by atoms with E-state index in [9.17, 15) is 8.42 Å². The number of benzene rings is 2. The molecule has 0 aliphatic carbocycles. The Morgan fingerprint density at radius 2 is 1.74 bits per heavy atom. The molecule has 0 fully saturated rings. The highest BCUT2D eigenvalue weighted by Crippen LogP contribution is 2.31. The van der Waals surface area contributed by atoms with Crippen molar-refractivity contribution in [3.05, 3.63) is 59.9 Å². The van der Waals surface area contributed by atoms with Crippen molar-refractivity contribution in [1.82, 2.24) is 14.8 Å². The minimum atomic E-state index is -3.70. The molecule has 0 saturated carbocycles. The van der Waals surface area contributed by atoms with E-state index in [-0.39, 0.29) is 4.90 Å². The van der Waals surface area contributed by atoms with Crippen molar-refractivity contribution in [3.63, 3.8) is 0 Å². The number of aromatic nitrogens is 3. The summed E-state index contributed by atoms with van der Waals surface area (Å²) < 4.78 is 30.8. The zero-order chi connectivity index (χ0) is 19.2. The van der Waals surface area contributed by atoms with Gasteiger partial charge in [0, 0.05) is 18.3 Å². The van der Waals surface area contributed by atoms with Crippen LogP contribution in [0.15, 0.2) is 53.4 Å². The third-order valence-electron chi connectivity index (χ3n) is 4.39. The normalized spacial score (nSPS) is 11.8. The number of rotatable bonds is 4. The molecule has 0 aliphatic heterocycles. The highest BCUT2D eigenvalue weighted by molar-refractivity contribution is 7.92. The highest BCUT2D eigenvalue weighted by atomic mass is 32.2. The van der Waals surface area contributed by atoms with Crippen LogP contribution >= 0.6 is 11.3 Å². The third-order valence-corrected chi connectivity index (χ3v) is 7.11. The van der Waals surface area contributed by atoms with E-state index < -0.39 is 10.0 Å². The van der Waals surface area contributed by atoms with Gasteiger partial charge in [0.1, 0.15) is 9.90 Å². The molecule has 0 aliphatic rings. The zero-order valence-corrected chi connectivity index (χ0v) is 16.7. The van der Waals surface area contributed by atoms with Gasteiger partial charge < -0.3 is 0 Å². The maximum atomic E-state index is 12.8. The van der Waals surface area contributed by atoms with Crippen molar-refractivity contribution >= 4 is 37.3 Å². The summed E-state index contributed by atoms with van der Waals surface area (Å²) in [6, 6.07) is 15.2. The average molecular weight is 399 g/mol. The van der Waals surface area contributed by atoms with Gasteiger partial charge in [0.15, 0.2) is 0 Å². The minimum Gasteiger partial charge on any atom is -0.280 e. The molecule has 0 amide bonds. The molecule has 0 radical (unpaired) electrons. The molecular weight excluding hydrogens is 380 g/mol. The lowest BCUT2D eigenvalue weighted by Gasteiger charge is -2.09. The van der Waals surface area contributed by atoms with Crippen LogP contribution in [-0.2, 0) is 17.1 Å². The van der Waals surface area contributed by atoms with Crippen LogP contribution in [0.4, 0.5) is 5.69 Å². The Bertz CT molecular complexity index is 1210. The number of anilines is 1. The number of hydrogen-bond donors (Lipinski definition) is 1. The summed E-state index contributed by atoms with van der Waals surface area (Å²) in [6.07, 6.45) is 0. The van der Waals surface area contributed by atoms with Crippen LogP contribution in [-0.4, -0.2) is 23.2 Å². The molecule has 2 aromatic carbocycles. The molecule has 27 heavy (non-hydrogen) atoms. The molecule has 4 aromatic rings. The number of fused-ring (bicyclic) bond motifs is 1. The van der Waals surface area contributed by atoms with Crippen LogP contribution in [0.2, 0.25) is 0 Å². The number of sulfonamides is 1. The summed E-state index contributed by atoms with van der Waals surface area (Å²) in [5, 5.41) is 5.09. The van der Waals surface area contributed by atoms with Gasteiger partial charge in [0.05, 0.1) is 21.6 Å². The lowest BCUT2D eigenvalue weighted by Crippen LogP contribution is -2.14. The second-order valence-corrected chi connectivity index (χ2v) is 8.94. The average Bonchev–Trinajstić information content (AvgIpc) is 3.16. The Kier molecular flexibility index (Phi) is 4.24. The first kappa shape index (κ1) is 17.7. The van der Waals surface area contributed by atoms with E-state index in [1.807, 2.05) is 36.4 Å². The Balaban J connectivity index is 1.62. The maximum absolute atomic E-state index is 12.8. The molecule has 0 saturated heterocycles. The smallest absolute Gasteiger partial charge is 0.265 e. The van der Waals surface area contributed by atoms with Gasteiger partial charge in [0.25, 0.3) is 10.0 Å². The summed E-state index contributed by atoms with van der Waals surface area (Å²) in [5.74, 6) is 0. The molecule has 2 heterocycles. The Hall–Kier alpha value is -2.71. The van der Waals surface area contributed by atoms with Gasteiger partial charge in [-0.15, -0.1) is 11.3 Å². The number of nitrogens with one attached hydrogen (secondary N) is 1. The lowest BCUT2D eigenvalue weighted by atomic mass is 10.2. The second-order valence-electron chi connectivity index (χ2n) is 6.29. The maximum Gasteiger partial charge on any atom is 0.265 e. The van der Waals surface area contributed by atoms with E-state index in [0.717, 1.165) is 20.8 Å². The quantitative estimate of drug-likeness (QED) is 0.561. The second kappa shape index (κ2) is 6.47. The number of thiazole rings is 1. The van der Waals surface area contributed by atoms with Gasteiger partial charge in [-0.05, 0) is 50.2 Å². The van der Waals surface area contributed by atoms with Crippen LogP contribution in [0.5, 0.6) is 0 Å². The summed E-state index contributed by atoms with van der Waals surface area (Å²) in [7, 11) is -1.97. The third kappa shape index (κ3) is 3.22. The highest BCUT2D eigenvalue weighted by Gasteiger charge is 2.23. The van der Waals surface area contributed by atoms with Crippen molar-refractivity contribution in [2.24, 2.45) is 7.05 Å². The zero-order valence-electron chi connectivity index (χ0n) is 15.1. The Morgan fingerprint density at radius 1 is 1.04 bits per heavy atom. The van der Waals surface area contributed by atoms with Crippen LogP contribution < -0.4 is 4.72 Å². The molecule has 4 rings (SSSR count). The van der Waals surface area contributed by atoms with E-state index in [0.29, 0.717) is 17.1 Å². The van der Waals surface area contributed by atoms with Crippen LogP contribution in [0.1, 0.15) is 11.4 Å². The van der Waals surface area contributed by atoms with E-state index in [2.05, 4.69) is 14.8 Å². The molecular formula is C19H18N4O2S2. The standard InChI is InChI=1S/C19H18N4O2S2/c1-12-18(13(2)23(3)21-12)27(24,25)22-15-10-8-14(9-11-15)19-20-16-6-4-5-7-17(16)26-19/h4-11,22H,1-3H3. The first-order valence-electron chi connectivity index (χ1n) is 8.34. The fourth-order valence-corrected chi connectivity index (χ4v) is 5.50. The monoisotopic (exact) mass is 398 g/mol.